The third-order valence-corrected chi connectivity index (χ3v) is 3.60. The van der Waals surface area contributed by atoms with E-state index in [9.17, 15) is 0 Å². The Hall–Kier alpha value is -1.13. The van der Waals surface area contributed by atoms with Crippen LogP contribution in [0.2, 0.25) is 0 Å². The number of pyridine rings is 1. The number of likely N-dealkylation sites (N-methyl/N-ethyl adjacent to an activating group) is 1. The summed E-state index contributed by atoms with van der Waals surface area (Å²) in [5.41, 5.74) is 2.32. The maximum Gasteiger partial charge on any atom is 0.0750 e. The molecule has 0 spiro atoms. The summed E-state index contributed by atoms with van der Waals surface area (Å²) in [5, 5.41) is 3.43. The zero-order valence-electron chi connectivity index (χ0n) is 12.9. The fraction of sp³-hybridized carbons (Fsp3) is 0.688. The van der Waals surface area contributed by atoms with Crippen molar-refractivity contribution in [3.05, 3.63) is 24.0 Å². The van der Waals surface area contributed by atoms with Gasteiger partial charge in [-0.1, -0.05) is 13.8 Å². The van der Waals surface area contributed by atoms with Crippen molar-refractivity contribution in [3.63, 3.8) is 0 Å². The monoisotopic (exact) mass is 277 g/mol. The first kappa shape index (κ1) is 15.3. The third kappa shape index (κ3) is 4.76. The van der Waals surface area contributed by atoms with Crippen LogP contribution in [-0.2, 0) is 11.3 Å². The third-order valence-electron chi connectivity index (χ3n) is 3.60. The quantitative estimate of drug-likeness (QED) is 0.830. The second-order valence-electron chi connectivity index (χ2n) is 6.05. The molecule has 0 bridgehead atoms. The lowest BCUT2D eigenvalue weighted by molar-refractivity contribution is 0.116. The van der Waals surface area contributed by atoms with Gasteiger partial charge in [0.2, 0.25) is 0 Å². The van der Waals surface area contributed by atoms with Crippen LogP contribution in [0.1, 0.15) is 32.4 Å². The summed E-state index contributed by atoms with van der Waals surface area (Å²) in [7, 11) is 2.13. The highest BCUT2D eigenvalue weighted by Gasteiger charge is 2.17. The minimum absolute atomic E-state index is 0.385. The second kappa shape index (κ2) is 7.60. The Kier molecular flexibility index (Phi) is 5.80. The molecule has 0 amide bonds. The molecule has 2 heterocycles. The number of nitrogens with zero attached hydrogens (tertiary/aromatic N) is 2. The molecule has 0 aromatic carbocycles. The SMILES string of the molecule is CC(C)CNCc1cc(N(C)CC2CCCO2)ccn1. The van der Waals surface area contributed by atoms with Gasteiger partial charge in [-0.15, -0.1) is 0 Å². The smallest absolute Gasteiger partial charge is 0.0750 e. The van der Waals surface area contributed by atoms with Crippen LogP contribution in [0.25, 0.3) is 0 Å². The second-order valence-corrected chi connectivity index (χ2v) is 6.05. The number of ether oxygens (including phenoxy) is 1. The van der Waals surface area contributed by atoms with Gasteiger partial charge in [0.05, 0.1) is 11.8 Å². The Morgan fingerprint density at radius 3 is 3.05 bits per heavy atom. The molecule has 1 fully saturated rings. The molecule has 0 saturated carbocycles. The van der Waals surface area contributed by atoms with Crippen molar-refractivity contribution in [2.45, 2.75) is 39.3 Å². The highest BCUT2D eigenvalue weighted by atomic mass is 16.5. The fourth-order valence-electron chi connectivity index (χ4n) is 2.49. The summed E-state index contributed by atoms with van der Waals surface area (Å²) in [6.45, 7) is 8.16. The molecule has 1 aliphatic rings. The van der Waals surface area contributed by atoms with Gasteiger partial charge in [-0.3, -0.25) is 4.98 Å². The predicted molar refractivity (Wildman–Crippen MR) is 83.0 cm³/mol. The lowest BCUT2D eigenvalue weighted by Crippen LogP contribution is -2.28. The van der Waals surface area contributed by atoms with E-state index in [4.69, 9.17) is 4.74 Å². The maximum absolute atomic E-state index is 5.70. The van der Waals surface area contributed by atoms with Gasteiger partial charge in [-0.2, -0.15) is 0 Å². The average molecular weight is 277 g/mol. The van der Waals surface area contributed by atoms with Crippen LogP contribution in [0.4, 0.5) is 5.69 Å². The lowest BCUT2D eigenvalue weighted by atomic mass is 10.2. The van der Waals surface area contributed by atoms with E-state index >= 15 is 0 Å². The van der Waals surface area contributed by atoms with Crippen LogP contribution in [0.3, 0.4) is 0 Å². The molecular weight excluding hydrogens is 250 g/mol. The molecule has 0 aliphatic carbocycles. The molecule has 1 unspecified atom stereocenters. The van der Waals surface area contributed by atoms with Crippen molar-refractivity contribution in [3.8, 4) is 0 Å². The van der Waals surface area contributed by atoms with Crippen molar-refractivity contribution >= 4 is 5.69 Å². The molecule has 1 saturated heterocycles. The van der Waals surface area contributed by atoms with Gasteiger partial charge in [-0.05, 0) is 37.4 Å². The molecule has 2 rings (SSSR count). The summed E-state index contributed by atoms with van der Waals surface area (Å²) in [6.07, 6.45) is 4.65. The van der Waals surface area contributed by atoms with Crippen LogP contribution in [0, 0.1) is 5.92 Å². The van der Waals surface area contributed by atoms with E-state index in [1.165, 1.54) is 18.5 Å². The molecule has 0 radical (unpaired) electrons. The number of rotatable bonds is 7. The largest absolute Gasteiger partial charge is 0.376 e. The van der Waals surface area contributed by atoms with Gasteiger partial charge in [0.25, 0.3) is 0 Å². The van der Waals surface area contributed by atoms with Gasteiger partial charge in [-0.25, -0.2) is 0 Å². The first-order chi connectivity index (χ1) is 9.65. The van der Waals surface area contributed by atoms with Crippen LogP contribution in [0.15, 0.2) is 18.3 Å². The molecule has 4 nitrogen and oxygen atoms in total. The van der Waals surface area contributed by atoms with Crippen molar-refractivity contribution < 1.29 is 4.74 Å². The Morgan fingerprint density at radius 1 is 1.50 bits per heavy atom. The van der Waals surface area contributed by atoms with Crippen molar-refractivity contribution in [1.29, 1.82) is 0 Å². The van der Waals surface area contributed by atoms with Gasteiger partial charge in [0.15, 0.2) is 0 Å². The highest BCUT2D eigenvalue weighted by molar-refractivity contribution is 5.45. The summed E-state index contributed by atoms with van der Waals surface area (Å²) in [6, 6.07) is 4.24. The minimum atomic E-state index is 0.385. The van der Waals surface area contributed by atoms with E-state index < -0.39 is 0 Å². The molecule has 1 atom stereocenters. The molecule has 20 heavy (non-hydrogen) atoms. The lowest BCUT2D eigenvalue weighted by Gasteiger charge is -2.23. The molecular formula is C16H27N3O. The standard InChI is InChI=1S/C16H27N3O/c1-13(2)10-17-11-14-9-15(6-7-18-14)19(3)12-16-5-4-8-20-16/h6-7,9,13,16-17H,4-5,8,10-12H2,1-3H3. The Balaban J connectivity index is 1.87. The zero-order valence-corrected chi connectivity index (χ0v) is 12.9. The van der Waals surface area contributed by atoms with Crippen molar-refractivity contribution in [2.24, 2.45) is 5.92 Å². The van der Waals surface area contributed by atoms with Crippen LogP contribution in [-0.4, -0.2) is 37.8 Å². The zero-order chi connectivity index (χ0) is 14.4. The molecule has 4 heteroatoms. The summed E-state index contributed by atoms with van der Waals surface area (Å²) in [4.78, 5) is 6.70. The van der Waals surface area contributed by atoms with Gasteiger partial charge >= 0.3 is 0 Å². The Labute approximate surface area is 122 Å². The Morgan fingerprint density at radius 2 is 2.35 bits per heavy atom. The Bertz CT molecular complexity index is 402. The van der Waals surface area contributed by atoms with Crippen LogP contribution in [0.5, 0.6) is 0 Å². The van der Waals surface area contributed by atoms with Crippen molar-refractivity contribution in [2.75, 3.05) is 31.6 Å². The van der Waals surface area contributed by atoms with Gasteiger partial charge in [0, 0.05) is 38.6 Å². The van der Waals surface area contributed by atoms with Crippen LogP contribution >= 0.6 is 0 Å². The minimum Gasteiger partial charge on any atom is -0.376 e. The normalized spacial score (nSPS) is 18.7. The predicted octanol–water partition coefficient (Wildman–Crippen LogP) is 2.44. The highest BCUT2D eigenvalue weighted by Crippen LogP contribution is 2.18. The van der Waals surface area contributed by atoms with E-state index in [2.05, 4.69) is 48.2 Å². The number of aromatic nitrogens is 1. The number of nitrogens with one attached hydrogen (secondary N) is 1. The summed E-state index contributed by atoms with van der Waals surface area (Å²) >= 11 is 0. The van der Waals surface area contributed by atoms with Gasteiger partial charge < -0.3 is 15.0 Å². The first-order valence-corrected chi connectivity index (χ1v) is 7.63. The summed E-state index contributed by atoms with van der Waals surface area (Å²) < 4.78 is 5.70. The molecule has 1 aliphatic heterocycles. The van der Waals surface area contributed by atoms with E-state index in [-0.39, 0.29) is 0 Å². The maximum atomic E-state index is 5.70. The number of anilines is 1. The number of hydrogen-bond donors (Lipinski definition) is 1. The average Bonchev–Trinajstić information content (AvgIpc) is 2.91. The molecule has 1 aromatic heterocycles. The van der Waals surface area contributed by atoms with Crippen LogP contribution < -0.4 is 10.2 Å². The number of hydrogen-bond acceptors (Lipinski definition) is 4. The van der Waals surface area contributed by atoms with Crippen molar-refractivity contribution in [1.82, 2.24) is 10.3 Å². The molecule has 1 aromatic rings. The van der Waals surface area contributed by atoms with E-state index in [0.29, 0.717) is 12.0 Å². The fourth-order valence-corrected chi connectivity index (χ4v) is 2.49. The summed E-state index contributed by atoms with van der Waals surface area (Å²) in [5.74, 6) is 0.667. The topological polar surface area (TPSA) is 37.4 Å². The van der Waals surface area contributed by atoms with E-state index in [1.807, 2.05) is 6.20 Å². The van der Waals surface area contributed by atoms with E-state index in [0.717, 1.165) is 31.9 Å². The first-order valence-electron chi connectivity index (χ1n) is 7.63. The van der Waals surface area contributed by atoms with Gasteiger partial charge in [0.1, 0.15) is 0 Å². The molecule has 1 N–H and O–H groups in total. The molecule has 112 valence electrons. The van der Waals surface area contributed by atoms with E-state index in [1.54, 1.807) is 0 Å².